The minimum absolute atomic E-state index is 0.419. The SMILES string of the molecule is CCC(Nc1nc(NC)nc2ccccc12)C(C)C. The van der Waals surface area contributed by atoms with Gasteiger partial charge in [-0.25, -0.2) is 4.98 Å². The van der Waals surface area contributed by atoms with Crippen molar-refractivity contribution in [1.29, 1.82) is 0 Å². The van der Waals surface area contributed by atoms with Gasteiger partial charge in [-0.1, -0.05) is 32.9 Å². The zero-order valence-corrected chi connectivity index (χ0v) is 12.1. The third kappa shape index (κ3) is 2.95. The molecule has 0 spiro atoms. The highest BCUT2D eigenvalue weighted by Crippen LogP contribution is 2.24. The largest absolute Gasteiger partial charge is 0.366 e. The molecule has 0 fully saturated rings. The highest BCUT2D eigenvalue weighted by molar-refractivity contribution is 5.90. The second-order valence-corrected chi connectivity index (χ2v) is 5.07. The van der Waals surface area contributed by atoms with Crippen LogP contribution in [-0.2, 0) is 0 Å². The van der Waals surface area contributed by atoms with E-state index in [1.165, 1.54) is 0 Å². The Hall–Kier alpha value is -1.84. The summed E-state index contributed by atoms with van der Waals surface area (Å²) in [5.41, 5.74) is 0.961. The lowest BCUT2D eigenvalue weighted by Crippen LogP contribution is -2.25. The van der Waals surface area contributed by atoms with Gasteiger partial charge in [-0.3, -0.25) is 0 Å². The molecule has 0 saturated heterocycles. The van der Waals surface area contributed by atoms with Crippen LogP contribution >= 0.6 is 0 Å². The summed E-state index contributed by atoms with van der Waals surface area (Å²) in [6, 6.07) is 8.51. The average Bonchev–Trinajstić information content (AvgIpc) is 2.43. The Labute approximate surface area is 114 Å². The molecule has 4 heteroatoms. The summed E-state index contributed by atoms with van der Waals surface area (Å²) in [6.07, 6.45) is 1.07. The van der Waals surface area contributed by atoms with Gasteiger partial charge >= 0.3 is 0 Å². The van der Waals surface area contributed by atoms with Gasteiger partial charge in [0.25, 0.3) is 0 Å². The van der Waals surface area contributed by atoms with E-state index in [1.807, 2.05) is 25.2 Å². The topological polar surface area (TPSA) is 49.8 Å². The first-order valence-electron chi connectivity index (χ1n) is 6.86. The van der Waals surface area contributed by atoms with Crippen molar-refractivity contribution >= 4 is 22.7 Å². The van der Waals surface area contributed by atoms with Crippen LogP contribution in [0.1, 0.15) is 27.2 Å². The van der Waals surface area contributed by atoms with Crippen molar-refractivity contribution in [3.05, 3.63) is 24.3 Å². The zero-order valence-electron chi connectivity index (χ0n) is 12.1. The van der Waals surface area contributed by atoms with E-state index in [1.54, 1.807) is 0 Å². The Balaban J connectivity index is 2.45. The van der Waals surface area contributed by atoms with Gasteiger partial charge in [-0.2, -0.15) is 4.98 Å². The van der Waals surface area contributed by atoms with Crippen LogP contribution in [0.25, 0.3) is 10.9 Å². The number of aromatic nitrogens is 2. The molecule has 1 unspecified atom stereocenters. The first-order chi connectivity index (χ1) is 9.15. The van der Waals surface area contributed by atoms with Crippen LogP contribution in [0.3, 0.4) is 0 Å². The normalized spacial score (nSPS) is 12.7. The molecule has 4 nitrogen and oxygen atoms in total. The summed E-state index contributed by atoms with van der Waals surface area (Å²) in [4.78, 5) is 9.03. The van der Waals surface area contributed by atoms with Crippen molar-refractivity contribution in [2.45, 2.75) is 33.2 Å². The van der Waals surface area contributed by atoms with E-state index in [0.29, 0.717) is 17.9 Å². The molecule has 0 saturated carbocycles. The number of nitrogens with zero attached hydrogens (tertiary/aromatic N) is 2. The maximum atomic E-state index is 4.56. The maximum Gasteiger partial charge on any atom is 0.224 e. The lowest BCUT2D eigenvalue weighted by molar-refractivity contribution is 0.510. The van der Waals surface area contributed by atoms with Gasteiger partial charge in [0.2, 0.25) is 5.95 Å². The first-order valence-corrected chi connectivity index (χ1v) is 6.86. The van der Waals surface area contributed by atoms with Crippen molar-refractivity contribution in [3.8, 4) is 0 Å². The minimum atomic E-state index is 0.419. The van der Waals surface area contributed by atoms with Gasteiger partial charge < -0.3 is 10.6 Å². The molecular formula is C15H22N4. The first kappa shape index (κ1) is 13.6. The average molecular weight is 258 g/mol. The number of nitrogens with one attached hydrogen (secondary N) is 2. The van der Waals surface area contributed by atoms with Gasteiger partial charge in [-0.05, 0) is 24.5 Å². The van der Waals surface area contributed by atoms with Crippen LogP contribution < -0.4 is 10.6 Å². The van der Waals surface area contributed by atoms with Gasteiger partial charge in [-0.15, -0.1) is 0 Å². The number of hydrogen-bond acceptors (Lipinski definition) is 4. The third-order valence-electron chi connectivity index (χ3n) is 3.39. The Morgan fingerprint density at radius 2 is 1.89 bits per heavy atom. The molecule has 2 rings (SSSR count). The predicted octanol–water partition coefficient (Wildman–Crippen LogP) is 3.52. The fraction of sp³-hybridized carbons (Fsp3) is 0.467. The van der Waals surface area contributed by atoms with Crippen LogP contribution in [0, 0.1) is 5.92 Å². The second-order valence-electron chi connectivity index (χ2n) is 5.07. The molecule has 1 atom stereocenters. The molecule has 19 heavy (non-hydrogen) atoms. The van der Waals surface area contributed by atoms with Crippen molar-refractivity contribution in [2.24, 2.45) is 5.92 Å². The fourth-order valence-electron chi connectivity index (χ4n) is 2.21. The molecule has 1 aromatic heterocycles. The Morgan fingerprint density at radius 1 is 1.16 bits per heavy atom. The molecule has 0 aliphatic rings. The molecule has 1 heterocycles. The lowest BCUT2D eigenvalue weighted by atomic mass is 10.0. The quantitative estimate of drug-likeness (QED) is 0.861. The van der Waals surface area contributed by atoms with E-state index in [0.717, 1.165) is 23.1 Å². The summed E-state index contributed by atoms with van der Waals surface area (Å²) >= 11 is 0. The van der Waals surface area contributed by atoms with Gasteiger partial charge in [0.1, 0.15) is 5.82 Å². The van der Waals surface area contributed by atoms with Crippen molar-refractivity contribution < 1.29 is 0 Å². The fourth-order valence-corrected chi connectivity index (χ4v) is 2.21. The van der Waals surface area contributed by atoms with Crippen LogP contribution in [0.15, 0.2) is 24.3 Å². The van der Waals surface area contributed by atoms with E-state index >= 15 is 0 Å². The number of fused-ring (bicyclic) bond motifs is 1. The molecule has 0 bridgehead atoms. The summed E-state index contributed by atoms with van der Waals surface area (Å²) in [7, 11) is 1.84. The Bertz CT molecular complexity index is 551. The van der Waals surface area contributed by atoms with Crippen molar-refractivity contribution in [3.63, 3.8) is 0 Å². The standard InChI is InChI=1S/C15H22N4/c1-5-12(10(2)3)17-14-11-8-6-7-9-13(11)18-15(16-4)19-14/h6-10,12H,5H2,1-4H3,(H2,16,17,18,19). The van der Waals surface area contributed by atoms with E-state index in [-0.39, 0.29) is 0 Å². The molecular weight excluding hydrogens is 236 g/mol. The number of anilines is 2. The highest BCUT2D eigenvalue weighted by Gasteiger charge is 2.14. The van der Waals surface area contributed by atoms with Crippen LogP contribution in [0.5, 0.6) is 0 Å². The van der Waals surface area contributed by atoms with E-state index in [9.17, 15) is 0 Å². The van der Waals surface area contributed by atoms with Crippen LogP contribution in [-0.4, -0.2) is 23.1 Å². The summed E-state index contributed by atoms with van der Waals surface area (Å²) in [5.74, 6) is 2.13. The van der Waals surface area contributed by atoms with Gasteiger partial charge in [0, 0.05) is 18.5 Å². The van der Waals surface area contributed by atoms with E-state index in [4.69, 9.17) is 0 Å². The monoisotopic (exact) mass is 258 g/mol. The van der Waals surface area contributed by atoms with Gasteiger partial charge in [0.15, 0.2) is 0 Å². The zero-order chi connectivity index (χ0) is 13.8. The third-order valence-corrected chi connectivity index (χ3v) is 3.39. The summed E-state index contributed by atoms with van der Waals surface area (Å²) < 4.78 is 0. The van der Waals surface area contributed by atoms with E-state index < -0.39 is 0 Å². The molecule has 1 aromatic carbocycles. The van der Waals surface area contributed by atoms with Crippen molar-refractivity contribution in [2.75, 3.05) is 17.7 Å². The maximum absolute atomic E-state index is 4.56. The van der Waals surface area contributed by atoms with Gasteiger partial charge in [0.05, 0.1) is 5.52 Å². The Morgan fingerprint density at radius 3 is 2.53 bits per heavy atom. The summed E-state index contributed by atoms with van der Waals surface area (Å²) in [6.45, 7) is 6.65. The van der Waals surface area contributed by atoms with Crippen LogP contribution in [0.4, 0.5) is 11.8 Å². The van der Waals surface area contributed by atoms with Crippen molar-refractivity contribution in [1.82, 2.24) is 9.97 Å². The number of rotatable bonds is 5. The minimum Gasteiger partial charge on any atom is -0.366 e. The lowest BCUT2D eigenvalue weighted by Gasteiger charge is -2.22. The van der Waals surface area contributed by atoms with Crippen LogP contribution in [0.2, 0.25) is 0 Å². The molecule has 102 valence electrons. The smallest absolute Gasteiger partial charge is 0.224 e. The number of benzene rings is 1. The molecule has 2 aromatic rings. The molecule has 0 aliphatic carbocycles. The second kappa shape index (κ2) is 5.87. The molecule has 0 radical (unpaired) electrons. The highest BCUT2D eigenvalue weighted by atomic mass is 15.1. The summed E-state index contributed by atoms with van der Waals surface area (Å²) in [5, 5.41) is 7.64. The number of hydrogen-bond donors (Lipinski definition) is 2. The van der Waals surface area contributed by atoms with E-state index in [2.05, 4.69) is 47.4 Å². The Kier molecular flexibility index (Phi) is 4.20. The molecule has 0 aliphatic heterocycles. The predicted molar refractivity (Wildman–Crippen MR) is 81.6 cm³/mol. The molecule has 2 N–H and O–H groups in total. The number of para-hydroxylation sites is 1. The molecule has 0 amide bonds.